The van der Waals surface area contributed by atoms with Crippen molar-refractivity contribution in [2.45, 2.75) is 63.8 Å². The van der Waals surface area contributed by atoms with Gasteiger partial charge in [-0.2, -0.15) is 0 Å². The lowest BCUT2D eigenvalue weighted by Crippen LogP contribution is -2.53. The summed E-state index contributed by atoms with van der Waals surface area (Å²) in [4.78, 5) is 2.31. The van der Waals surface area contributed by atoms with E-state index in [1.54, 1.807) is 0 Å². The van der Waals surface area contributed by atoms with Crippen molar-refractivity contribution in [3.63, 3.8) is 0 Å². The van der Waals surface area contributed by atoms with Gasteiger partial charge in [-0.3, -0.25) is 9.64 Å². The highest BCUT2D eigenvalue weighted by Gasteiger charge is 2.40. The van der Waals surface area contributed by atoms with E-state index in [0.29, 0.717) is 24.5 Å². The van der Waals surface area contributed by atoms with Gasteiger partial charge in [0.15, 0.2) is 11.5 Å². The molecule has 2 aliphatic heterocycles. The summed E-state index contributed by atoms with van der Waals surface area (Å²) in [5, 5.41) is 10.7. The number of aliphatic hydroxyl groups is 1. The zero-order valence-electron chi connectivity index (χ0n) is 17.8. The molecule has 0 spiro atoms. The predicted octanol–water partition coefficient (Wildman–Crippen LogP) is 3.46. The molecule has 2 aliphatic rings. The van der Waals surface area contributed by atoms with Gasteiger partial charge in [0.1, 0.15) is 6.61 Å². The van der Waals surface area contributed by atoms with E-state index in [4.69, 9.17) is 14.2 Å². The van der Waals surface area contributed by atoms with Gasteiger partial charge in [-0.25, -0.2) is 0 Å². The predicted molar refractivity (Wildman–Crippen MR) is 104 cm³/mol. The molecule has 30 heavy (non-hydrogen) atoms. The maximum atomic E-state index is 12.1. The van der Waals surface area contributed by atoms with Crippen LogP contribution in [0.25, 0.3) is 0 Å². The second-order valence-corrected chi connectivity index (χ2v) is 8.68. The molecular weight excluding hydrogens is 403 g/mol. The Morgan fingerprint density at radius 3 is 2.50 bits per heavy atom. The summed E-state index contributed by atoms with van der Waals surface area (Å²) in [6.07, 6.45) is -4.21. The van der Waals surface area contributed by atoms with E-state index in [0.717, 1.165) is 24.1 Å². The van der Waals surface area contributed by atoms with Gasteiger partial charge in [-0.05, 0) is 56.9 Å². The smallest absolute Gasteiger partial charge is 0.493 e. The first-order valence-electron chi connectivity index (χ1n) is 10.1. The first kappa shape index (κ1) is 23.1. The summed E-state index contributed by atoms with van der Waals surface area (Å²) in [6.45, 7) is 6.53. The van der Waals surface area contributed by atoms with Gasteiger partial charge in [0.25, 0.3) is 0 Å². The van der Waals surface area contributed by atoms with Gasteiger partial charge in [-0.15, -0.1) is 13.2 Å². The van der Waals surface area contributed by atoms with Crippen LogP contribution in [0.4, 0.5) is 13.2 Å². The minimum atomic E-state index is -4.68. The number of halogens is 3. The minimum Gasteiger partial charge on any atom is -0.493 e. The van der Waals surface area contributed by atoms with E-state index < -0.39 is 19.1 Å². The molecule has 170 valence electrons. The van der Waals surface area contributed by atoms with Crippen molar-refractivity contribution < 1.29 is 37.2 Å². The van der Waals surface area contributed by atoms with Crippen LogP contribution in [0.5, 0.6) is 11.5 Å². The van der Waals surface area contributed by atoms with E-state index >= 15 is 0 Å². The SMILES string of the molecule is COc1cc2c(cc1OCCOC(F)(F)F)CCN1C[C@@H](OC(C)(C)C)[C@H](O)C[C@H]21. The third kappa shape index (κ3) is 5.78. The number of nitrogens with zero attached hydrogens (tertiary/aromatic N) is 1. The van der Waals surface area contributed by atoms with Crippen molar-refractivity contribution in [2.24, 2.45) is 0 Å². The molecule has 2 heterocycles. The van der Waals surface area contributed by atoms with Crippen molar-refractivity contribution in [3.05, 3.63) is 23.3 Å². The molecule has 1 aromatic rings. The van der Waals surface area contributed by atoms with Gasteiger partial charge in [0, 0.05) is 19.1 Å². The van der Waals surface area contributed by atoms with Crippen molar-refractivity contribution in [1.29, 1.82) is 0 Å². The number of alkyl halides is 3. The highest BCUT2D eigenvalue weighted by Crippen LogP contribution is 2.42. The number of ether oxygens (including phenoxy) is 4. The fraction of sp³-hybridized carbons (Fsp3) is 0.714. The number of piperidine rings is 1. The van der Waals surface area contributed by atoms with Crippen LogP contribution in [0.2, 0.25) is 0 Å². The summed E-state index contributed by atoms with van der Waals surface area (Å²) in [5.74, 6) is 0.839. The molecule has 1 N–H and O–H groups in total. The van der Waals surface area contributed by atoms with Gasteiger partial charge in [0.05, 0.1) is 31.5 Å². The maximum absolute atomic E-state index is 12.1. The van der Waals surface area contributed by atoms with E-state index in [2.05, 4.69) is 9.64 Å². The number of hydrogen-bond acceptors (Lipinski definition) is 6. The van der Waals surface area contributed by atoms with Gasteiger partial charge in [0.2, 0.25) is 0 Å². The summed E-state index contributed by atoms with van der Waals surface area (Å²) >= 11 is 0. The van der Waals surface area contributed by atoms with Crippen molar-refractivity contribution in [2.75, 3.05) is 33.4 Å². The summed E-state index contributed by atoms with van der Waals surface area (Å²) < 4.78 is 57.1. The van der Waals surface area contributed by atoms with Crippen LogP contribution in [0.15, 0.2) is 12.1 Å². The molecule has 0 aliphatic carbocycles. The monoisotopic (exact) mass is 433 g/mol. The van der Waals surface area contributed by atoms with Crippen LogP contribution in [-0.2, 0) is 15.9 Å². The molecule has 3 rings (SSSR count). The lowest BCUT2D eigenvalue weighted by molar-refractivity contribution is -0.325. The Morgan fingerprint density at radius 2 is 1.87 bits per heavy atom. The maximum Gasteiger partial charge on any atom is 0.522 e. The topological polar surface area (TPSA) is 60.4 Å². The molecule has 0 saturated carbocycles. The zero-order valence-corrected chi connectivity index (χ0v) is 17.8. The molecule has 0 unspecified atom stereocenters. The number of methoxy groups -OCH3 is 1. The van der Waals surface area contributed by atoms with Crippen LogP contribution in [0, 0.1) is 0 Å². The lowest BCUT2D eigenvalue weighted by atomic mass is 9.84. The molecule has 1 aromatic carbocycles. The first-order valence-corrected chi connectivity index (χ1v) is 10.1. The first-order chi connectivity index (χ1) is 14.0. The van der Waals surface area contributed by atoms with Crippen LogP contribution in [0.3, 0.4) is 0 Å². The average Bonchev–Trinajstić information content (AvgIpc) is 2.63. The molecule has 0 radical (unpaired) electrons. The van der Waals surface area contributed by atoms with Crippen LogP contribution in [-0.4, -0.2) is 67.6 Å². The molecule has 1 fully saturated rings. The third-order valence-electron chi connectivity index (χ3n) is 5.31. The van der Waals surface area contributed by atoms with Crippen LogP contribution in [0.1, 0.15) is 44.4 Å². The third-order valence-corrected chi connectivity index (χ3v) is 5.31. The normalized spacial score (nSPS) is 24.9. The lowest BCUT2D eigenvalue weighted by Gasteiger charge is -2.46. The van der Waals surface area contributed by atoms with E-state index in [1.165, 1.54) is 7.11 Å². The Hall–Kier alpha value is -1.55. The van der Waals surface area contributed by atoms with E-state index in [-0.39, 0.29) is 24.4 Å². The second kappa shape index (κ2) is 8.90. The van der Waals surface area contributed by atoms with Gasteiger partial charge < -0.3 is 19.3 Å². The molecule has 0 bridgehead atoms. The van der Waals surface area contributed by atoms with Gasteiger partial charge >= 0.3 is 6.36 Å². The molecule has 0 aromatic heterocycles. The highest BCUT2D eigenvalue weighted by molar-refractivity contribution is 5.49. The molecular formula is C21H30F3NO5. The Kier molecular flexibility index (Phi) is 6.86. The summed E-state index contributed by atoms with van der Waals surface area (Å²) in [5.41, 5.74) is 1.76. The molecule has 6 nitrogen and oxygen atoms in total. The van der Waals surface area contributed by atoms with Crippen LogP contribution >= 0.6 is 0 Å². The van der Waals surface area contributed by atoms with E-state index in [1.807, 2.05) is 32.9 Å². The second-order valence-electron chi connectivity index (χ2n) is 8.68. The number of aliphatic hydroxyl groups excluding tert-OH is 1. The van der Waals surface area contributed by atoms with Gasteiger partial charge in [-0.1, -0.05) is 0 Å². The Labute approximate surface area is 174 Å². The van der Waals surface area contributed by atoms with Crippen molar-refractivity contribution in [1.82, 2.24) is 4.90 Å². The number of fused-ring (bicyclic) bond motifs is 3. The fourth-order valence-electron chi connectivity index (χ4n) is 4.14. The molecule has 9 heteroatoms. The molecule has 0 amide bonds. The fourth-order valence-corrected chi connectivity index (χ4v) is 4.14. The quantitative estimate of drug-likeness (QED) is 0.694. The number of hydrogen-bond donors (Lipinski definition) is 1. The van der Waals surface area contributed by atoms with Crippen molar-refractivity contribution >= 4 is 0 Å². The summed E-state index contributed by atoms with van der Waals surface area (Å²) in [6, 6.07) is 3.72. The highest BCUT2D eigenvalue weighted by atomic mass is 19.4. The zero-order chi connectivity index (χ0) is 22.1. The van der Waals surface area contributed by atoms with E-state index in [9.17, 15) is 18.3 Å². The molecule has 1 saturated heterocycles. The standard InChI is InChI=1S/C21H30F3NO5/c1-20(2,3)30-19-12-25-6-5-13-9-18(28-7-8-29-21(22,23)24)17(27-4)10-14(13)15(25)11-16(19)26/h9-10,15-16,19,26H,5-8,11-12H2,1-4H3/t15-,16-,19-/m1/s1. The van der Waals surface area contributed by atoms with Crippen molar-refractivity contribution in [3.8, 4) is 11.5 Å². The Bertz CT molecular complexity index is 735. The van der Waals surface area contributed by atoms with Crippen LogP contribution < -0.4 is 9.47 Å². The largest absolute Gasteiger partial charge is 0.522 e. The molecule has 3 atom stereocenters. The Morgan fingerprint density at radius 1 is 1.13 bits per heavy atom. The Balaban J connectivity index is 1.72. The number of rotatable bonds is 6. The average molecular weight is 433 g/mol. The summed E-state index contributed by atoms with van der Waals surface area (Å²) in [7, 11) is 1.49. The minimum absolute atomic E-state index is 0.0279. The number of benzene rings is 1.